The van der Waals surface area contributed by atoms with Gasteiger partial charge in [-0.05, 0) is 13.0 Å². The van der Waals surface area contributed by atoms with Crippen molar-refractivity contribution >= 4 is 23.4 Å². The molecule has 0 aliphatic heterocycles. The Hall–Kier alpha value is -1.73. The number of hydrogen-bond acceptors (Lipinski definition) is 3. The molecule has 0 unspecified atom stereocenters. The van der Waals surface area contributed by atoms with Crippen LogP contribution in [0.4, 0.5) is 5.82 Å². The summed E-state index contributed by atoms with van der Waals surface area (Å²) in [6, 6.07) is 1.35. The van der Waals surface area contributed by atoms with E-state index in [0.717, 1.165) is 0 Å². The first-order chi connectivity index (χ1) is 7.15. The SMILES string of the molecule is CC#CCNc1ncc(C(=O)O)cc1Cl. The monoisotopic (exact) mass is 224 g/mol. The van der Waals surface area contributed by atoms with E-state index in [1.54, 1.807) is 6.92 Å². The zero-order valence-electron chi connectivity index (χ0n) is 8.04. The van der Waals surface area contributed by atoms with Gasteiger partial charge in [0.25, 0.3) is 0 Å². The van der Waals surface area contributed by atoms with Crippen LogP contribution in [0.5, 0.6) is 0 Å². The van der Waals surface area contributed by atoms with Crippen molar-refractivity contribution in [3.63, 3.8) is 0 Å². The third-order valence-electron chi connectivity index (χ3n) is 1.61. The van der Waals surface area contributed by atoms with Gasteiger partial charge in [0, 0.05) is 6.20 Å². The Labute approximate surface area is 92.3 Å². The summed E-state index contributed by atoms with van der Waals surface area (Å²) >= 11 is 5.82. The Morgan fingerprint density at radius 3 is 3.00 bits per heavy atom. The van der Waals surface area contributed by atoms with Crippen LogP contribution < -0.4 is 5.32 Å². The van der Waals surface area contributed by atoms with Crippen molar-refractivity contribution in [2.45, 2.75) is 6.92 Å². The Kier molecular flexibility index (Phi) is 3.95. The van der Waals surface area contributed by atoms with Crippen LogP contribution in [0.1, 0.15) is 17.3 Å². The number of nitrogens with zero attached hydrogens (tertiary/aromatic N) is 1. The number of carboxylic acid groups (broad SMARTS) is 1. The molecule has 0 saturated carbocycles. The van der Waals surface area contributed by atoms with Gasteiger partial charge < -0.3 is 10.4 Å². The Bertz CT molecular complexity index is 435. The van der Waals surface area contributed by atoms with E-state index in [1.165, 1.54) is 12.3 Å². The number of hydrogen-bond donors (Lipinski definition) is 2. The normalized spacial score (nSPS) is 8.93. The van der Waals surface area contributed by atoms with E-state index >= 15 is 0 Å². The fourth-order valence-electron chi connectivity index (χ4n) is 0.901. The molecular formula is C10H9ClN2O2. The Balaban J connectivity index is 2.82. The average Bonchev–Trinajstić information content (AvgIpc) is 2.20. The summed E-state index contributed by atoms with van der Waals surface area (Å²) < 4.78 is 0. The van der Waals surface area contributed by atoms with Crippen LogP contribution in [0.25, 0.3) is 0 Å². The Morgan fingerprint density at radius 2 is 2.47 bits per heavy atom. The summed E-state index contributed by atoms with van der Waals surface area (Å²) in [5.41, 5.74) is 0.0622. The first kappa shape index (κ1) is 11.3. The molecule has 0 saturated heterocycles. The second kappa shape index (κ2) is 5.23. The molecule has 0 aromatic carbocycles. The minimum Gasteiger partial charge on any atom is -0.478 e. The maximum Gasteiger partial charge on any atom is 0.337 e. The van der Waals surface area contributed by atoms with Gasteiger partial charge >= 0.3 is 5.97 Å². The fourth-order valence-corrected chi connectivity index (χ4v) is 1.13. The molecule has 78 valence electrons. The average molecular weight is 225 g/mol. The zero-order chi connectivity index (χ0) is 11.3. The molecule has 1 heterocycles. The topological polar surface area (TPSA) is 62.2 Å². The molecule has 2 N–H and O–H groups in total. The van der Waals surface area contributed by atoms with Crippen LogP contribution in [0.15, 0.2) is 12.3 Å². The van der Waals surface area contributed by atoms with Crippen molar-refractivity contribution in [3.8, 4) is 11.8 Å². The Morgan fingerprint density at radius 1 is 1.73 bits per heavy atom. The number of aromatic nitrogens is 1. The number of anilines is 1. The van der Waals surface area contributed by atoms with Crippen molar-refractivity contribution in [1.82, 2.24) is 4.98 Å². The number of carboxylic acids is 1. The highest BCUT2D eigenvalue weighted by atomic mass is 35.5. The van der Waals surface area contributed by atoms with Crippen molar-refractivity contribution in [2.75, 3.05) is 11.9 Å². The second-order valence-electron chi connectivity index (χ2n) is 2.64. The van der Waals surface area contributed by atoms with Gasteiger partial charge in [0.05, 0.1) is 17.1 Å². The summed E-state index contributed by atoms with van der Waals surface area (Å²) in [6.07, 6.45) is 1.25. The molecule has 1 rings (SSSR count). The molecule has 1 aromatic heterocycles. The van der Waals surface area contributed by atoms with Crippen LogP contribution in [0.2, 0.25) is 5.02 Å². The molecule has 0 radical (unpaired) electrons. The van der Waals surface area contributed by atoms with Crippen molar-refractivity contribution in [2.24, 2.45) is 0 Å². The summed E-state index contributed by atoms with van der Waals surface area (Å²) in [5.74, 6) is 4.88. The first-order valence-corrected chi connectivity index (χ1v) is 4.55. The lowest BCUT2D eigenvalue weighted by Crippen LogP contribution is -2.04. The molecule has 0 fully saturated rings. The quantitative estimate of drug-likeness (QED) is 0.770. The summed E-state index contributed by atoms with van der Waals surface area (Å²) in [7, 11) is 0. The third-order valence-corrected chi connectivity index (χ3v) is 1.90. The van der Waals surface area contributed by atoms with E-state index < -0.39 is 5.97 Å². The minimum absolute atomic E-state index is 0.0622. The molecule has 5 heteroatoms. The van der Waals surface area contributed by atoms with E-state index in [2.05, 4.69) is 22.1 Å². The van der Waals surface area contributed by atoms with Crippen molar-refractivity contribution in [1.29, 1.82) is 0 Å². The van der Waals surface area contributed by atoms with Crippen molar-refractivity contribution in [3.05, 3.63) is 22.8 Å². The van der Waals surface area contributed by atoms with Gasteiger partial charge in [-0.2, -0.15) is 0 Å². The predicted molar refractivity (Wildman–Crippen MR) is 58.1 cm³/mol. The largest absolute Gasteiger partial charge is 0.478 e. The number of pyridine rings is 1. The lowest BCUT2D eigenvalue weighted by Gasteiger charge is -2.04. The standard InChI is InChI=1S/C10H9ClN2O2/c1-2-3-4-12-9-8(11)5-7(6-13-9)10(14)15/h5-6H,4H2,1H3,(H,12,13)(H,14,15). The van der Waals surface area contributed by atoms with Crippen LogP contribution in [0, 0.1) is 11.8 Å². The highest BCUT2D eigenvalue weighted by Crippen LogP contribution is 2.19. The van der Waals surface area contributed by atoms with E-state index in [0.29, 0.717) is 12.4 Å². The molecule has 0 bridgehead atoms. The van der Waals surface area contributed by atoms with Gasteiger partial charge in [-0.25, -0.2) is 9.78 Å². The van der Waals surface area contributed by atoms with E-state index in [9.17, 15) is 4.79 Å². The number of halogens is 1. The lowest BCUT2D eigenvalue weighted by molar-refractivity contribution is 0.0696. The van der Waals surface area contributed by atoms with Crippen LogP contribution in [-0.2, 0) is 0 Å². The van der Waals surface area contributed by atoms with E-state index in [1.807, 2.05) is 0 Å². The maximum atomic E-state index is 10.6. The highest BCUT2D eigenvalue weighted by Gasteiger charge is 2.07. The van der Waals surface area contributed by atoms with E-state index in [-0.39, 0.29) is 10.6 Å². The minimum atomic E-state index is -1.05. The van der Waals surface area contributed by atoms with Gasteiger partial charge in [0.15, 0.2) is 0 Å². The molecule has 1 aromatic rings. The molecule has 0 atom stereocenters. The number of aromatic carboxylic acids is 1. The first-order valence-electron chi connectivity index (χ1n) is 4.17. The number of rotatable bonds is 3. The van der Waals surface area contributed by atoms with Gasteiger partial charge in [-0.1, -0.05) is 17.5 Å². The summed E-state index contributed by atoms with van der Waals surface area (Å²) in [6.45, 7) is 2.15. The van der Waals surface area contributed by atoms with Crippen LogP contribution in [0.3, 0.4) is 0 Å². The van der Waals surface area contributed by atoms with Crippen LogP contribution >= 0.6 is 11.6 Å². The fraction of sp³-hybridized carbons (Fsp3) is 0.200. The summed E-state index contributed by atoms with van der Waals surface area (Å²) in [4.78, 5) is 14.5. The van der Waals surface area contributed by atoms with Gasteiger partial charge in [0.1, 0.15) is 5.82 Å². The molecular weight excluding hydrogens is 216 g/mol. The van der Waals surface area contributed by atoms with Gasteiger partial charge in [-0.3, -0.25) is 0 Å². The molecule has 0 aliphatic carbocycles. The molecule has 0 amide bonds. The smallest absolute Gasteiger partial charge is 0.337 e. The van der Waals surface area contributed by atoms with Gasteiger partial charge in [-0.15, -0.1) is 5.92 Å². The molecule has 0 aliphatic rings. The van der Waals surface area contributed by atoms with Gasteiger partial charge in [0.2, 0.25) is 0 Å². The molecule has 4 nitrogen and oxygen atoms in total. The molecule has 0 spiro atoms. The second-order valence-corrected chi connectivity index (χ2v) is 3.05. The van der Waals surface area contributed by atoms with Crippen molar-refractivity contribution < 1.29 is 9.90 Å². The summed E-state index contributed by atoms with van der Waals surface area (Å²) in [5, 5.41) is 11.8. The molecule has 15 heavy (non-hydrogen) atoms. The third kappa shape index (κ3) is 3.15. The number of nitrogens with one attached hydrogen (secondary N) is 1. The maximum absolute atomic E-state index is 10.6. The highest BCUT2D eigenvalue weighted by molar-refractivity contribution is 6.33. The number of carbonyl (C=O) groups is 1. The predicted octanol–water partition coefficient (Wildman–Crippen LogP) is 1.87. The lowest BCUT2D eigenvalue weighted by atomic mass is 10.3. The zero-order valence-corrected chi connectivity index (χ0v) is 8.80. The van der Waals surface area contributed by atoms with Crippen LogP contribution in [-0.4, -0.2) is 22.6 Å². The van der Waals surface area contributed by atoms with E-state index in [4.69, 9.17) is 16.7 Å².